The van der Waals surface area contributed by atoms with E-state index in [1.54, 1.807) is 0 Å². The van der Waals surface area contributed by atoms with Crippen LogP contribution in [0.15, 0.2) is 22.7 Å². The van der Waals surface area contributed by atoms with Gasteiger partial charge in [0.1, 0.15) is 0 Å². The van der Waals surface area contributed by atoms with Gasteiger partial charge in [0.2, 0.25) is 0 Å². The molecule has 90 valence electrons. The first-order valence-electron chi connectivity index (χ1n) is 5.78. The SMILES string of the molecule is Cc1ccc(Br)cc1CNCCNC(C)C. The summed E-state index contributed by atoms with van der Waals surface area (Å²) >= 11 is 3.50. The topological polar surface area (TPSA) is 24.1 Å². The average molecular weight is 285 g/mol. The summed E-state index contributed by atoms with van der Waals surface area (Å²) in [4.78, 5) is 0. The molecular weight excluding hydrogens is 264 g/mol. The van der Waals surface area contributed by atoms with Gasteiger partial charge in [0.25, 0.3) is 0 Å². The van der Waals surface area contributed by atoms with E-state index in [1.165, 1.54) is 11.1 Å². The van der Waals surface area contributed by atoms with E-state index in [2.05, 4.69) is 65.5 Å². The van der Waals surface area contributed by atoms with Gasteiger partial charge in [-0.1, -0.05) is 35.8 Å². The summed E-state index contributed by atoms with van der Waals surface area (Å²) in [5, 5.41) is 6.83. The molecule has 0 bridgehead atoms. The fourth-order valence-electron chi connectivity index (χ4n) is 1.50. The van der Waals surface area contributed by atoms with Crippen molar-refractivity contribution in [2.75, 3.05) is 13.1 Å². The number of hydrogen-bond donors (Lipinski definition) is 2. The molecule has 0 aliphatic carbocycles. The predicted molar refractivity (Wildman–Crippen MR) is 73.7 cm³/mol. The van der Waals surface area contributed by atoms with Crippen LogP contribution in [0.4, 0.5) is 0 Å². The van der Waals surface area contributed by atoms with Crippen LogP contribution in [0.3, 0.4) is 0 Å². The molecule has 2 nitrogen and oxygen atoms in total. The van der Waals surface area contributed by atoms with E-state index in [0.717, 1.165) is 24.1 Å². The standard InChI is InChI=1S/C13H21BrN2/c1-10(2)16-7-6-15-9-12-8-13(14)5-4-11(12)3/h4-5,8,10,15-16H,6-7,9H2,1-3H3. The summed E-state index contributed by atoms with van der Waals surface area (Å²) in [7, 11) is 0. The normalized spacial score (nSPS) is 11.1. The first kappa shape index (κ1) is 13.7. The van der Waals surface area contributed by atoms with Gasteiger partial charge in [0, 0.05) is 30.1 Å². The highest BCUT2D eigenvalue weighted by atomic mass is 79.9. The lowest BCUT2D eigenvalue weighted by Crippen LogP contribution is -2.31. The molecule has 1 rings (SSSR count). The third-order valence-corrected chi connectivity index (χ3v) is 2.97. The largest absolute Gasteiger partial charge is 0.313 e. The second-order valence-electron chi connectivity index (χ2n) is 4.36. The molecule has 0 amide bonds. The molecule has 0 fully saturated rings. The molecule has 0 saturated carbocycles. The maximum atomic E-state index is 3.50. The number of nitrogens with one attached hydrogen (secondary N) is 2. The third kappa shape index (κ3) is 5.10. The Balaban J connectivity index is 2.29. The Kier molecular flexibility index (Phi) is 6.03. The first-order chi connectivity index (χ1) is 7.59. The van der Waals surface area contributed by atoms with Crippen LogP contribution in [0, 0.1) is 6.92 Å². The zero-order valence-corrected chi connectivity index (χ0v) is 11.9. The Bertz CT molecular complexity index is 324. The second-order valence-corrected chi connectivity index (χ2v) is 5.27. The molecule has 3 heteroatoms. The molecule has 0 aliphatic rings. The van der Waals surface area contributed by atoms with E-state index < -0.39 is 0 Å². The van der Waals surface area contributed by atoms with Crippen LogP contribution in [0.1, 0.15) is 25.0 Å². The fraction of sp³-hybridized carbons (Fsp3) is 0.538. The molecule has 0 saturated heterocycles. The quantitative estimate of drug-likeness (QED) is 0.785. The van der Waals surface area contributed by atoms with E-state index in [0.29, 0.717) is 6.04 Å². The zero-order valence-electron chi connectivity index (χ0n) is 10.3. The van der Waals surface area contributed by atoms with Gasteiger partial charge in [0.15, 0.2) is 0 Å². The Hall–Kier alpha value is -0.380. The molecule has 0 heterocycles. The van der Waals surface area contributed by atoms with Gasteiger partial charge in [-0.25, -0.2) is 0 Å². The Labute approximate surface area is 107 Å². The molecule has 0 spiro atoms. The zero-order chi connectivity index (χ0) is 12.0. The summed E-state index contributed by atoms with van der Waals surface area (Å²) in [5.41, 5.74) is 2.70. The molecule has 0 radical (unpaired) electrons. The van der Waals surface area contributed by atoms with Crippen LogP contribution in [-0.4, -0.2) is 19.1 Å². The van der Waals surface area contributed by atoms with E-state index in [1.807, 2.05) is 0 Å². The van der Waals surface area contributed by atoms with Gasteiger partial charge >= 0.3 is 0 Å². The molecule has 16 heavy (non-hydrogen) atoms. The van der Waals surface area contributed by atoms with Gasteiger partial charge in [-0.3, -0.25) is 0 Å². The highest BCUT2D eigenvalue weighted by molar-refractivity contribution is 9.10. The fourth-order valence-corrected chi connectivity index (χ4v) is 1.91. The number of benzene rings is 1. The van der Waals surface area contributed by atoms with E-state index in [9.17, 15) is 0 Å². The van der Waals surface area contributed by atoms with E-state index in [-0.39, 0.29) is 0 Å². The predicted octanol–water partition coefficient (Wildman–Crippen LogP) is 2.85. The molecule has 1 aromatic rings. The van der Waals surface area contributed by atoms with Crippen molar-refractivity contribution in [2.45, 2.75) is 33.4 Å². The Morgan fingerprint density at radius 2 is 2.00 bits per heavy atom. The van der Waals surface area contributed by atoms with Gasteiger partial charge < -0.3 is 10.6 Å². The molecular formula is C13H21BrN2. The summed E-state index contributed by atoms with van der Waals surface area (Å²) in [6.45, 7) is 9.44. The Morgan fingerprint density at radius 1 is 1.25 bits per heavy atom. The lowest BCUT2D eigenvalue weighted by Gasteiger charge is -2.10. The average Bonchev–Trinajstić information content (AvgIpc) is 2.22. The van der Waals surface area contributed by atoms with Gasteiger partial charge in [-0.2, -0.15) is 0 Å². The summed E-state index contributed by atoms with van der Waals surface area (Å²) < 4.78 is 1.15. The minimum absolute atomic E-state index is 0.564. The van der Waals surface area contributed by atoms with Gasteiger partial charge in [0.05, 0.1) is 0 Å². The van der Waals surface area contributed by atoms with Crippen LogP contribution in [0.2, 0.25) is 0 Å². The van der Waals surface area contributed by atoms with Crippen molar-refractivity contribution >= 4 is 15.9 Å². The molecule has 0 aromatic heterocycles. The van der Waals surface area contributed by atoms with Crippen LogP contribution in [-0.2, 0) is 6.54 Å². The maximum Gasteiger partial charge on any atom is 0.0209 e. The molecule has 0 aliphatic heterocycles. The first-order valence-corrected chi connectivity index (χ1v) is 6.58. The molecule has 0 atom stereocenters. The summed E-state index contributed by atoms with van der Waals surface area (Å²) in [6.07, 6.45) is 0. The smallest absolute Gasteiger partial charge is 0.0209 e. The minimum atomic E-state index is 0.564. The van der Waals surface area contributed by atoms with Gasteiger partial charge in [-0.15, -0.1) is 0 Å². The monoisotopic (exact) mass is 284 g/mol. The van der Waals surface area contributed by atoms with Crippen molar-refractivity contribution in [3.8, 4) is 0 Å². The second kappa shape index (κ2) is 7.05. The van der Waals surface area contributed by atoms with Crippen molar-refractivity contribution in [3.05, 3.63) is 33.8 Å². The van der Waals surface area contributed by atoms with Crippen LogP contribution in [0.5, 0.6) is 0 Å². The van der Waals surface area contributed by atoms with Crippen molar-refractivity contribution in [2.24, 2.45) is 0 Å². The lowest BCUT2D eigenvalue weighted by atomic mass is 10.1. The molecule has 2 N–H and O–H groups in total. The molecule has 1 aromatic carbocycles. The van der Waals surface area contributed by atoms with E-state index in [4.69, 9.17) is 0 Å². The highest BCUT2D eigenvalue weighted by Gasteiger charge is 1.98. The third-order valence-electron chi connectivity index (χ3n) is 2.48. The van der Waals surface area contributed by atoms with E-state index >= 15 is 0 Å². The molecule has 0 unspecified atom stereocenters. The maximum absolute atomic E-state index is 3.50. The summed E-state index contributed by atoms with van der Waals surface area (Å²) in [5.74, 6) is 0. The van der Waals surface area contributed by atoms with Gasteiger partial charge in [-0.05, 0) is 30.2 Å². The Morgan fingerprint density at radius 3 is 2.69 bits per heavy atom. The number of halogens is 1. The number of rotatable bonds is 6. The number of aryl methyl sites for hydroxylation is 1. The highest BCUT2D eigenvalue weighted by Crippen LogP contribution is 2.15. The lowest BCUT2D eigenvalue weighted by molar-refractivity contribution is 0.555. The summed E-state index contributed by atoms with van der Waals surface area (Å²) in [6, 6.07) is 6.97. The van der Waals surface area contributed by atoms with Crippen molar-refractivity contribution < 1.29 is 0 Å². The van der Waals surface area contributed by atoms with Crippen LogP contribution >= 0.6 is 15.9 Å². The minimum Gasteiger partial charge on any atom is -0.313 e. The van der Waals surface area contributed by atoms with Crippen LogP contribution in [0.25, 0.3) is 0 Å². The van der Waals surface area contributed by atoms with Crippen molar-refractivity contribution in [3.63, 3.8) is 0 Å². The number of hydrogen-bond acceptors (Lipinski definition) is 2. The van der Waals surface area contributed by atoms with Crippen LogP contribution < -0.4 is 10.6 Å². The van der Waals surface area contributed by atoms with Crippen molar-refractivity contribution in [1.29, 1.82) is 0 Å². The van der Waals surface area contributed by atoms with Crippen molar-refractivity contribution in [1.82, 2.24) is 10.6 Å².